The van der Waals surface area contributed by atoms with Crippen LogP contribution in [-0.4, -0.2) is 55.6 Å². The summed E-state index contributed by atoms with van der Waals surface area (Å²) in [6.07, 6.45) is -1.98. The average Bonchev–Trinajstić information content (AvgIpc) is 2.92. The zero-order valence-corrected chi connectivity index (χ0v) is 17.6. The molecule has 4 rings (SSSR count). The van der Waals surface area contributed by atoms with E-state index < -0.39 is 48.5 Å². The van der Waals surface area contributed by atoms with Gasteiger partial charge in [-0.2, -0.15) is 0 Å². The molecule has 1 saturated heterocycles. The largest absolute Gasteiger partial charge is 0.529 e. The SMILES string of the molecule is [B]C([B])(OP1(=O)OCc2cccc(C)c2O1)[C@]1(F)C[C@@H](O)[C@]([B])(n2ccc(=O)[nH]c2=O)O1. The number of aromatic amines is 1. The highest BCUT2D eigenvalue weighted by atomic mass is 31.2. The Labute approximate surface area is 184 Å². The number of hydrogen-bond acceptors (Lipinski definition) is 8. The van der Waals surface area contributed by atoms with Gasteiger partial charge in [-0.05, 0) is 12.5 Å². The number of aliphatic hydroxyl groups excluding tert-OH is 1. The fourth-order valence-corrected chi connectivity index (χ4v) is 4.88. The van der Waals surface area contributed by atoms with E-state index in [9.17, 15) is 19.3 Å². The highest BCUT2D eigenvalue weighted by molar-refractivity contribution is 7.49. The summed E-state index contributed by atoms with van der Waals surface area (Å²) in [5.74, 6) is -3.07. The first-order chi connectivity index (χ1) is 14.8. The molecule has 162 valence electrons. The highest BCUT2D eigenvalue weighted by Gasteiger charge is 2.63. The Balaban J connectivity index is 1.63. The number of aryl methyl sites for hydroxylation is 1. The Morgan fingerprint density at radius 1 is 1.38 bits per heavy atom. The molecule has 2 aliphatic rings. The molecule has 0 amide bonds. The van der Waals surface area contributed by atoms with E-state index in [1.54, 1.807) is 25.1 Å². The summed E-state index contributed by atoms with van der Waals surface area (Å²) in [5, 5.41) is 7.37. The van der Waals surface area contributed by atoms with Crippen LogP contribution in [0.25, 0.3) is 0 Å². The van der Waals surface area contributed by atoms with Crippen LogP contribution in [0.2, 0.25) is 0 Å². The summed E-state index contributed by atoms with van der Waals surface area (Å²) in [5.41, 5.74) is -3.21. The van der Waals surface area contributed by atoms with Crippen LogP contribution in [-0.2, 0) is 30.6 Å². The van der Waals surface area contributed by atoms with Gasteiger partial charge in [-0.15, -0.1) is 0 Å². The fourth-order valence-electron chi connectivity index (χ4n) is 3.45. The van der Waals surface area contributed by atoms with E-state index in [0.29, 0.717) is 15.7 Å². The molecule has 0 saturated carbocycles. The van der Waals surface area contributed by atoms with Crippen molar-refractivity contribution >= 4 is 31.4 Å². The van der Waals surface area contributed by atoms with Crippen molar-refractivity contribution in [2.75, 3.05) is 0 Å². The maximum absolute atomic E-state index is 15.8. The maximum atomic E-state index is 15.8. The molecule has 4 atom stereocenters. The number of alkyl halides is 1. The van der Waals surface area contributed by atoms with E-state index in [4.69, 9.17) is 41.8 Å². The molecule has 1 unspecified atom stereocenters. The van der Waals surface area contributed by atoms with Crippen LogP contribution < -0.4 is 15.8 Å². The molecule has 2 aliphatic heterocycles. The topological polar surface area (TPSA) is 129 Å². The summed E-state index contributed by atoms with van der Waals surface area (Å²) < 4.78 is 49.9. The number of hydrogen-bond donors (Lipinski definition) is 2. The van der Waals surface area contributed by atoms with Crippen molar-refractivity contribution in [3.05, 3.63) is 62.4 Å². The van der Waals surface area contributed by atoms with Crippen LogP contribution in [0.4, 0.5) is 4.39 Å². The number of aromatic nitrogens is 2. The normalized spacial score (nSPS) is 32.3. The molecule has 15 heteroatoms. The Bertz CT molecular complexity index is 1240. The number of halogens is 1. The van der Waals surface area contributed by atoms with E-state index in [2.05, 4.69) is 0 Å². The van der Waals surface area contributed by atoms with Crippen molar-refractivity contribution in [1.82, 2.24) is 9.55 Å². The van der Waals surface area contributed by atoms with Gasteiger partial charge in [-0.3, -0.25) is 23.4 Å². The number of phosphoric ester groups is 1. The number of phosphoric acid groups is 1. The molecule has 3 heterocycles. The molecule has 2 aromatic rings. The lowest BCUT2D eigenvalue weighted by Crippen LogP contribution is -2.56. The Hall–Kier alpha value is -2.11. The van der Waals surface area contributed by atoms with Crippen molar-refractivity contribution in [2.24, 2.45) is 0 Å². The van der Waals surface area contributed by atoms with Gasteiger partial charge >= 0.3 is 13.5 Å². The predicted molar refractivity (Wildman–Crippen MR) is 110 cm³/mol. The molecule has 1 fully saturated rings. The molecule has 2 N–H and O–H groups in total. The summed E-state index contributed by atoms with van der Waals surface area (Å²) in [6.45, 7) is 1.49. The van der Waals surface area contributed by atoms with Gasteiger partial charge in [0.25, 0.3) is 5.56 Å². The van der Waals surface area contributed by atoms with Crippen LogP contribution in [0.1, 0.15) is 17.5 Å². The standard InChI is InChI=1S/C17H15B3FN2O8P/c1-9-3-2-4-10-8-28-32(27,29-13(9)10)31-17(19,20)15(21)7-11(24)16(18,30-15)23-6-5-12(25)22-14(23)26/h2-6,11,24H,7-8H2,1H3,(H,22,25,26)/t11-,15+,16+,32?/m1/s1. The molecular formula is C17H15B3FN2O8P. The molecule has 0 bridgehead atoms. The number of nitrogens with one attached hydrogen (secondary N) is 1. The van der Waals surface area contributed by atoms with Gasteiger partial charge < -0.3 is 14.4 Å². The number of fused-ring (bicyclic) bond motifs is 1. The first-order valence-corrected chi connectivity index (χ1v) is 10.7. The smallest absolute Gasteiger partial charge is 0.403 e. The number of benzene rings is 1. The third-order valence-electron chi connectivity index (χ3n) is 5.18. The van der Waals surface area contributed by atoms with Gasteiger partial charge in [0.1, 0.15) is 34.9 Å². The predicted octanol–water partition coefficient (Wildman–Crippen LogP) is -0.204. The Morgan fingerprint density at radius 2 is 2.09 bits per heavy atom. The van der Waals surface area contributed by atoms with Crippen LogP contribution in [0.3, 0.4) is 0 Å². The van der Waals surface area contributed by atoms with E-state index in [-0.39, 0.29) is 12.4 Å². The van der Waals surface area contributed by atoms with E-state index in [1.807, 2.05) is 4.98 Å². The third-order valence-corrected chi connectivity index (χ3v) is 6.56. The van der Waals surface area contributed by atoms with Gasteiger partial charge in [0.15, 0.2) is 0 Å². The number of nitrogens with zero attached hydrogens (tertiary/aromatic N) is 1. The van der Waals surface area contributed by atoms with Crippen molar-refractivity contribution < 1.29 is 32.4 Å². The Morgan fingerprint density at radius 3 is 2.78 bits per heavy atom. The second-order valence-corrected chi connectivity index (χ2v) is 9.06. The number of para-hydroxylation sites is 1. The molecule has 32 heavy (non-hydrogen) atoms. The molecule has 0 spiro atoms. The summed E-state index contributed by atoms with van der Waals surface area (Å²) in [7, 11) is 12.9. The van der Waals surface area contributed by atoms with Crippen molar-refractivity contribution in [2.45, 2.75) is 42.9 Å². The minimum atomic E-state index is -4.55. The summed E-state index contributed by atoms with van der Waals surface area (Å²) in [6, 6.07) is 5.99. The Kier molecular flexibility index (Phi) is 5.38. The summed E-state index contributed by atoms with van der Waals surface area (Å²) in [4.78, 5) is 25.3. The number of H-pyrrole nitrogens is 1. The van der Waals surface area contributed by atoms with Gasteiger partial charge in [0, 0.05) is 24.2 Å². The second-order valence-electron chi connectivity index (χ2n) is 7.54. The van der Waals surface area contributed by atoms with Crippen LogP contribution in [0.5, 0.6) is 5.75 Å². The lowest BCUT2D eigenvalue weighted by Gasteiger charge is -2.41. The molecule has 1 aromatic carbocycles. The molecular weight excluding hydrogens is 443 g/mol. The van der Waals surface area contributed by atoms with Crippen molar-refractivity contribution in [3.63, 3.8) is 0 Å². The minimum Gasteiger partial charge on any atom is -0.403 e. The van der Waals surface area contributed by atoms with Crippen molar-refractivity contribution in [3.8, 4) is 5.75 Å². The zero-order chi connectivity index (χ0) is 23.5. The van der Waals surface area contributed by atoms with Gasteiger partial charge in [-0.25, -0.2) is 13.8 Å². The summed E-state index contributed by atoms with van der Waals surface area (Å²) >= 11 is 0. The average molecular weight is 458 g/mol. The number of rotatable bonds is 4. The lowest BCUT2D eigenvalue weighted by atomic mass is 9.60. The van der Waals surface area contributed by atoms with Crippen LogP contribution in [0, 0.1) is 6.92 Å². The number of ether oxygens (including phenoxy) is 1. The first-order valence-electron chi connectivity index (χ1n) is 9.28. The molecule has 10 nitrogen and oxygen atoms in total. The monoisotopic (exact) mass is 458 g/mol. The van der Waals surface area contributed by atoms with Gasteiger partial charge in [0.05, 0.1) is 18.1 Å². The molecule has 6 radical (unpaired) electrons. The van der Waals surface area contributed by atoms with E-state index in [0.717, 1.165) is 12.3 Å². The van der Waals surface area contributed by atoms with Gasteiger partial charge in [0.2, 0.25) is 5.85 Å². The molecule has 0 aliphatic carbocycles. The molecule has 1 aromatic heterocycles. The van der Waals surface area contributed by atoms with E-state index in [1.165, 1.54) is 0 Å². The van der Waals surface area contributed by atoms with Crippen LogP contribution >= 0.6 is 7.82 Å². The van der Waals surface area contributed by atoms with Crippen molar-refractivity contribution in [1.29, 1.82) is 0 Å². The minimum absolute atomic E-state index is 0.194. The lowest BCUT2D eigenvalue weighted by molar-refractivity contribution is -0.219. The quantitative estimate of drug-likeness (QED) is 0.477. The zero-order valence-electron chi connectivity index (χ0n) is 16.7. The van der Waals surface area contributed by atoms with Crippen LogP contribution in [0.15, 0.2) is 40.1 Å². The first kappa shape index (κ1) is 23.1. The fraction of sp³-hybridized carbons (Fsp3) is 0.412. The third kappa shape index (κ3) is 3.70. The van der Waals surface area contributed by atoms with E-state index >= 15 is 4.39 Å². The number of aliphatic hydroxyl groups is 1. The second kappa shape index (κ2) is 7.46. The van der Waals surface area contributed by atoms with Gasteiger partial charge in [-0.1, -0.05) is 18.2 Å². The maximum Gasteiger partial charge on any atom is 0.529 e. The highest BCUT2D eigenvalue weighted by Crippen LogP contribution is 2.59.